The van der Waals surface area contributed by atoms with Crippen LogP contribution in [0.2, 0.25) is 5.02 Å². The largest absolute Gasteiger partial charge is 0.573 e. The number of nitrogens with zero attached hydrogens (tertiary/aromatic N) is 3. The van der Waals surface area contributed by atoms with Gasteiger partial charge in [-0.1, -0.05) is 46.8 Å². The molecule has 4 rings (SSSR count). The van der Waals surface area contributed by atoms with Gasteiger partial charge in [0.25, 0.3) is 0 Å². The number of hydrogen-bond donors (Lipinski definition) is 1. The zero-order valence-electron chi connectivity index (χ0n) is 15.4. The molecular formula is C19H12ClF3N4OS3. The second kappa shape index (κ2) is 9.43. The number of rotatable bonds is 7. The summed E-state index contributed by atoms with van der Waals surface area (Å²) in [5.74, 6) is 0.357. The molecule has 0 aliphatic rings. The Morgan fingerprint density at radius 1 is 1.03 bits per heavy atom. The van der Waals surface area contributed by atoms with E-state index in [1.807, 2.05) is 29.6 Å². The highest BCUT2D eigenvalue weighted by Crippen LogP contribution is 2.32. The highest BCUT2D eigenvalue weighted by molar-refractivity contribution is 8.00. The van der Waals surface area contributed by atoms with Crippen molar-refractivity contribution >= 4 is 56.9 Å². The SMILES string of the molecule is FC(F)(F)Oc1ccc(Nc2nnc(SCc3csc(-c4ccc(Cl)cc4)n3)s2)cc1. The minimum Gasteiger partial charge on any atom is -0.406 e. The molecule has 31 heavy (non-hydrogen) atoms. The van der Waals surface area contributed by atoms with E-state index in [-0.39, 0.29) is 5.75 Å². The van der Waals surface area contributed by atoms with Crippen molar-refractivity contribution in [3.8, 4) is 16.3 Å². The summed E-state index contributed by atoms with van der Waals surface area (Å²) in [6.45, 7) is 0. The monoisotopic (exact) mass is 500 g/mol. The maximum atomic E-state index is 12.2. The first kappa shape index (κ1) is 21.9. The minimum atomic E-state index is -4.72. The van der Waals surface area contributed by atoms with Crippen molar-refractivity contribution in [2.75, 3.05) is 5.32 Å². The molecule has 0 aliphatic carbocycles. The molecule has 0 fully saturated rings. The summed E-state index contributed by atoms with van der Waals surface area (Å²) in [4.78, 5) is 4.64. The maximum absolute atomic E-state index is 12.2. The predicted octanol–water partition coefficient (Wildman–Crippen LogP) is 7.25. The Morgan fingerprint density at radius 2 is 1.77 bits per heavy atom. The van der Waals surface area contributed by atoms with E-state index in [2.05, 4.69) is 25.2 Å². The first-order valence-electron chi connectivity index (χ1n) is 8.63. The molecule has 0 saturated carbocycles. The summed E-state index contributed by atoms with van der Waals surface area (Å²) in [5.41, 5.74) is 2.53. The average molecular weight is 501 g/mol. The molecule has 0 spiro atoms. The van der Waals surface area contributed by atoms with Gasteiger partial charge in [0.1, 0.15) is 10.8 Å². The van der Waals surface area contributed by atoms with Gasteiger partial charge in [-0.25, -0.2) is 4.98 Å². The van der Waals surface area contributed by atoms with Gasteiger partial charge in [0, 0.05) is 27.4 Å². The van der Waals surface area contributed by atoms with Gasteiger partial charge in [-0.2, -0.15) is 0 Å². The molecule has 5 nitrogen and oxygen atoms in total. The van der Waals surface area contributed by atoms with Gasteiger partial charge in [0.2, 0.25) is 5.13 Å². The summed E-state index contributed by atoms with van der Waals surface area (Å²) in [6.07, 6.45) is -4.72. The highest BCUT2D eigenvalue weighted by atomic mass is 35.5. The van der Waals surface area contributed by atoms with Crippen molar-refractivity contribution in [1.82, 2.24) is 15.2 Å². The number of benzene rings is 2. The second-order valence-corrected chi connectivity index (χ2v) is 9.50. The number of halogens is 4. The summed E-state index contributed by atoms with van der Waals surface area (Å²) in [7, 11) is 0. The molecule has 0 radical (unpaired) electrons. The Morgan fingerprint density at radius 3 is 2.48 bits per heavy atom. The molecule has 2 aromatic carbocycles. The standard InChI is InChI=1S/C19H12ClF3N4OS3/c20-12-3-1-11(2-4-12)16-24-14(9-29-16)10-30-18-27-26-17(31-18)25-13-5-7-15(8-6-13)28-19(21,22)23/h1-9H,10H2,(H,25,26). The van der Waals surface area contributed by atoms with Crippen molar-refractivity contribution in [2.45, 2.75) is 16.5 Å². The quantitative estimate of drug-likeness (QED) is 0.270. The molecule has 12 heteroatoms. The van der Waals surface area contributed by atoms with Crippen LogP contribution >= 0.6 is 46.0 Å². The van der Waals surface area contributed by atoms with E-state index >= 15 is 0 Å². The number of nitrogens with one attached hydrogen (secondary N) is 1. The van der Waals surface area contributed by atoms with Gasteiger partial charge in [0.15, 0.2) is 4.34 Å². The Balaban J connectivity index is 1.32. The molecule has 2 aromatic heterocycles. The Kier molecular flexibility index (Phi) is 6.65. The van der Waals surface area contributed by atoms with E-state index in [0.717, 1.165) is 20.6 Å². The minimum absolute atomic E-state index is 0.284. The topological polar surface area (TPSA) is 59.9 Å². The molecular weight excluding hydrogens is 489 g/mol. The van der Waals surface area contributed by atoms with Crippen LogP contribution in [0, 0.1) is 0 Å². The van der Waals surface area contributed by atoms with Crippen LogP contribution in [0.4, 0.5) is 24.0 Å². The Hall–Kier alpha value is -2.34. The van der Waals surface area contributed by atoms with Gasteiger partial charge >= 0.3 is 6.36 Å². The molecule has 0 bridgehead atoms. The van der Waals surface area contributed by atoms with E-state index in [1.165, 1.54) is 47.4 Å². The number of alkyl halides is 3. The number of hydrogen-bond acceptors (Lipinski definition) is 8. The fourth-order valence-electron chi connectivity index (χ4n) is 2.42. The lowest BCUT2D eigenvalue weighted by molar-refractivity contribution is -0.274. The summed E-state index contributed by atoms with van der Waals surface area (Å²) in [6, 6.07) is 12.9. The first-order chi connectivity index (χ1) is 14.8. The number of ether oxygens (including phenoxy) is 1. The van der Waals surface area contributed by atoms with Gasteiger partial charge in [-0.3, -0.25) is 0 Å². The van der Waals surface area contributed by atoms with Crippen molar-refractivity contribution < 1.29 is 17.9 Å². The van der Waals surface area contributed by atoms with Gasteiger partial charge in [-0.15, -0.1) is 34.7 Å². The van der Waals surface area contributed by atoms with Gasteiger partial charge in [-0.05, 0) is 36.4 Å². The van der Waals surface area contributed by atoms with Crippen molar-refractivity contribution in [2.24, 2.45) is 0 Å². The first-order valence-corrected chi connectivity index (χ1v) is 11.7. The van der Waals surface area contributed by atoms with Crippen LogP contribution in [0.25, 0.3) is 10.6 Å². The maximum Gasteiger partial charge on any atom is 0.573 e. The number of anilines is 2. The van der Waals surface area contributed by atoms with Gasteiger partial charge < -0.3 is 10.1 Å². The van der Waals surface area contributed by atoms with Crippen LogP contribution in [0.3, 0.4) is 0 Å². The molecule has 0 saturated heterocycles. The van der Waals surface area contributed by atoms with Crippen molar-refractivity contribution in [3.63, 3.8) is 0 Å². The molecule has 2 heterocycles. The third-order valence-electron chi connectivity index (χ3n) is 3.73. The summed E-state index contributed by atoms with van der Waals surface area (Å²) < 4.78 is 41.3. The number of thioether (sulfide) groups is 1. The van der Waals surface area contributed by atoms with E-state index in [4.69, 9.17) is 11.6 Å². The smallest absolute Gasteiger partial charge is 0.406 e. The lowest BCUT2D eigenvalue weighted by Crippen LogP contribution is -2.16. The van der Waals surface area contributed by atoms with Crippen molar-refractivity contribution in [3.05, 3.63) is 64.6 Å². The molecule has 0 aliphatic heterocycles. The molecule has 160 valence electrons. The van der Waals surface area contributed by atoms with Crippen LogP contribution in [-0.2, 0) is 5.75 Å². The van der Waals surface area contributed by atoms with Crippen LogP contribution in [0.1, 0.15) is 5.69 Å². The molecule has 0 amide bonds. The van der Waals surface area contributed by atoms with E-state index < -0.39 is 6.36 Å². The van der Waals surface area contributed by atoms with Crippen LogP contribution < -0.4 is 10.1 Å². The second-order valence-electron chi connectivity index (χ2n) is 6.01. The highest BCUT2D eigenvalue weighted by Gasteiger charge is 2.30. The Bertz CT molecular complexity index is 1150. The molecule has 0 unspecified atom stereocenters. The Labute approximate surface area is 192 Å². The number of thiazole rings is 1. The van der Waals surface area contributed by atoms with Crippen LogP contribution in [0.15, 0.2) is 58.3 Å². The lowest BCUT2D eigenvalue weighted by atomic mass is 10.2. The number of aromatic nitrogens is 3. The third-order valence-corrected chi connectivity index (χ3v) is 6.93. The zero-order valence-corrected chi connectivity index (χ0v) is 18.6. The third kappa shape index (κ3) is 6.33. The molecule has 0 atom stereocenters. The lowest BCUT2D eigenvalue weighted by Gasteiger charge is -2.09. The fraction of sp³-hybridized carbons (Fsp3) is 0.105. The van der Waals surface area contributed by atoms with Gasteiger partial charge in [0.05, 0.1) is 5.69 Å². The summed E-state index contributed by atoms with van der Waals surface area (Å²) >= 11 is 10.3. The van der Waals surface area contributed by atoms with E-state index in [9.17, 15) is 13.2 Å². The average Bonchev–Trinajstić information content (AvgIpc) is 3.37. The predicted molar refractivity (Wildman–Crippen MR) is 118 cm³/mol. The van der Waals surface area contributed by atoms with Crippen molar-refractivity contribution in [1.29, 1.82) is 0 Å². The molecule has 4 aromatic rings. The van der Waals surface area contributed by atoms with Crippen LogP contribution in [-0.4, -0.2) is 21.5 Å². The summed E-state index contributed by atoms with van der Waals surface area (Å²) in [5, 5.41) is 15.3. The van der Waals surface area contributed by atoms with E-state index in [0.29, 0.717) is 21.6 Å². The van der Waals surface area contributed by atoms with Crippen LogP contribution in [0.5, 0.6) is 5.75 Å². The molecule has 1 N–H and O–H groups in total. The normalized spacial score (nSPS) is 11.5. The van der Waals surface area contributed by atoms with E-state index in [1.54, 1.807) is 11.3 Å². The fourth-order valence-corrected chi connectivity index (χ4v) is 5.14. The zero-order chi connectivity index (χ0) is 21.8.